The Balaban J connectivity index is 2.84. The number of rotatable bonds is 6. The zero-order valence-electron chi connectivity index (χ0n) is 13.5. The number of nitrogens with zero attached hydrogens (tertiary/aromatic N) is 2. The molecule has 0 spiro atoms. The van der Waals surface area contributed by atoms with Crippen molar-refractivity contribution >= 4 is 13.5 Å². The molecule has 0 aliphatic carbocycles. The van der Waals surface area contributed by atoms with Crippen LogP contribution in [0, 0.1) is 0 Å². The molecule has 0 aromatic carbocycles. The first-order chi connectivity index (χ1) is 8.27. The van der Waals surface area contributed by atoms with E-state index in [-0.39, 0.29) is 0 Å². The number of hydrogen-bond donors (Lipinski definition) is 0. The lowest BCUT2D eigenvalue weighted by Crippen LogP contribution is -2.67. The summed E-state index contributed by atoms with van der Waals surface area (Å²) in [7, 11) is 0. The molecule has 0 radical (unpaired) electrons. The van der Waals surface area contributed by atoms with E-state index in [2.05, 4.69) is 77.0 Å². The van der Waals surface area contributed by atoms with Crippen molar-refractivity contribution in [2.24, 2.45) is 0 Å². The predicted octanol–water partition coefficient (Wildman–Crippen LogP) is 2.93. The van der Waals surface area contributed by atoms with Gasteiger partial charge >= 0.3 is 0 Å². The quantitative estimate of drug-likeness (QED) is 0.667. The Morgan fingerprint density at radius 2 is 0.778 bits per heavy atom. The van der Waals surface area contributed by atoms with Crippen molar-refractivity contribution < 1.29 is 0 Å². The maximum absolute atomic E-state index is 2.63. The summed E-state index contributed by atoms with van der Waals surface area (Å²) in [6.07, 6.45) is 0. The topological polar surface area (TPSA) is 6.48 Å². The van der Waals surface area contributed by atoms with E-state index in [1.165, 1.54) is 0 Å². The molecule has 2 nitrogen and oxygen atoms in total. The minimum atomic E-state index is 0.579. The molecule has 0 aromatic heterocycles. The van der Waals surface area contributed by atoms with Gasteiger partial charge in [-0.25, -0.2) is 0 Å². The molecule has 0 unspecified atom stereocenters. The van der Waals surface area contributed by atoms with Gasteiger partial charge in [0.1, 0.15) is 0 Å². The van der Waals surface area contributed by atoms with Crippen molar-refractivity contribution in [1.29, 1.82) is 0 Å². The Bertz CT molecular complexity index is 244. The van der Waals surface area contributed by atoms with Crippen molar-refractivity contribution in [2.45, 2.75) is 79.6 Å². The average molecular weight is 248 g/mol. The van der Waals surface area contributed by atoms with E-state index in [4.69, 9.17) is 0 Å². The fourth-order valence-electron chi connectivity index (χ4n) is 3.43. The SMILES string of the molecule is CC(C)N(B1C=CB1N(C(C)C)C(C)C)C(C)C. The zero-order valence-corrected chi connectivity index (χ0v) is 13.5. The summed E-state index contributed by atoms with van der Waals surface area (Å²) in [6.45, 7) is 19.6. The van der Waals surface area contributed by atoms with Crippen LogP contribution in [0.5, 0.6) is 0 Å². The third-order valence-electron chi connectivity index (χ3n) is 3.93. The molecular weight excluding hydrogens is 218 g/mol. The van der Waals surface area contributed by atoms with Crippen molar-refractivity contribution in [3.05, 3.63) is 12.0 Å². The molecule has 0 N–H and O–H groups in total. The lowest BCUT2D eigenvalue weighted by molar-refractivity contribution is 0.292. The van der Waals surface area contributed by atoms with Crippen LogP contribution in [0.4, 0.5) is 0 Å². The summed E-state index contributed by atoms with van der Waals surface area (Å²) in [5, 5.41) is 0. The van der Waals surface area contributed by atoms with Crippen LogP contribution in [0.25, 0.3) is 0 Å². The molecule has 0 fully saturated rings. The molecule has 102 valence electrons. The van der Waals surface area contributed by atoms with Crippen LogP contribution in [-0.2, 0) is 0 Å². The zero-order chi connectivity index (χ0) is 14.0. The molecule has 0 bridgehead atoms. The summed E-state index contributed by atoms with van der Waals surface area (Å²) in [5.41, 5.74) is 0. The van der Waals surface area contributed by atoms with E-state index in [0.29, 0.717) is 37.6 Å². The second-order valence-electron chi connectivity index (χ2n) is 6.64. The van der Waals surface area contributed by atoms with Gasteiger partial charge in [-0.2, -0.15) is 0 Å². The Morgan fingerprint density at radius 1 is 0.556 bits per heavy atom. The highest BCUT2D eigenvalue weighted by molar-refractivity contribution is 7.28. The second kappa shape index (κ2) is 6.29. The summed E-state index contributed by atoms with van der Waals surface area (Å²) >= 11 is 0. The Hall–Kier alpha value is -0.210. The van der Waals surface area contributed by atoms with Gasteiger partial charge in [-0.3, -0.25) is 0 Å². The maximum atomic E-state index is 2.63. The molecule has 18 heavy (non-hydrogen) atoms. The van der Waals surface area contributed by atoms with Gasteiger partial charge in [-0.15, -0.1) is 12.0 Å². The van der Waals surface area contributed by atoms with Gasteiger partial charge in [-0.1, -0.05) is 55.4 Å². The molecule has 0 saturated carbocycles. The van der Waals surface area contributed by atoms with Gasteiger partial charge in [0, 0.05) is 0 Å². The third kappa shape index (κ3) is 3.21. The summed E-state index contributed by atoms with van der Waals surface area (Å²) in [4.78, 5) is 5.25. The van der Waals surface area contributed by atoms with Crippen molar-refractivity contribution in [3.8, 4) is 0 Å². The largest absolute Gasteiger partial charge is 0.338 e. The molecule has 0 saturated heterocycles. The second-order valence-corrected chi connectivity index (χ2v) is 6.64. The molecule has 0 atom stereocenters. The summed E-state index contributed by atoms with van der Waals surface area (Å²) in [6, 6.07) is 2.40. The predicted molar refractivity (Wildman–Crippen MR) is 84.9 cm³/mol. The van der Waals surface area contributed by atoms with Crippen LogP contribution in [-0.4, -0.2) is 47.3 Å². The van der Waals surface area contributed by atoms with Crippen LogP contribution >= 0.6 is 0 Å². The van der Waals surface area contributed by atoms with Gasteiger partial charge in [0.2, 0.25) is 13.5 Å². The normalized spacial score (nSPS) is 16.1. The molecule has 1 heterocycles. The average Bonchev–Trinajstić information content (AvgIpc) is 2.17. The lowest BCUT2D eigenvalue weighted by atomic mass is 9.11. The van der Waals surface area contributed by atoms with E-state index < -0.39 is 0 Å². The minimum absolute atomic E-state index is 0.579. The first-order valence-corrected chi connectivity index (χ1v) is 7.50. The van der Waals surface area contributed by atoms with Gasteiger partial charge < -0.3 is 9.62 Å². The maximum Gasteiger partial charge on any atom is 0.238 e. The molecule has 4 heteroatoms. The molecule has 0 amide bonds. The molecular formula is C14H30B2N2. The molecule has 1 rings (SSSR count). The number of hydrogen-bond acceptors (Lipinski definition) is 2. The Kier molecular flexibility index (Phi) is 5.54. The Morgan fingerprint density at radius 3 is 0.889 bits per heavy atom. The van der Waals surface area contributed by atoms with E-state index in [1.807, 2.05) is 0 Å². The van der Waals surface area contributed by atoms with Gasteiger partial charge in [0.05, 0.1) is 0 Å². The minimum Gasteiger partial charge on any atom is -0.338 e. The fourth-order valence-corrected chi connectivity index (χ4v) is 3.43. The molecule has 1 aliphatic heterocycles. The first kappa shape index (κ1) is 15.8. The van der Waals surface area contributed by atoms with Gasteiger partial charge in [0.25, 0.3) is 0 Å². The van der Waals surface area contributed by atoms with E-state index in [0.717, 1.165) is 0 Å². The van der Waals surface area contributed by atoms with Crippen molar-refractivity contribution in [2.75, 3.05) is 0 Å². The highest BCUT2D eigenvalue weighted by Crippen LogP contribution is 2.23. The smallest absolute Gasteiger partial charge is 0.238 e. The van der Waals surface area contributed by atoms with E-state index >= 15 is 0 Å². The standard InChI is InChI=1S/C14H30B2N2/c1-11(2)17(12(3)4)15-9-10-16(15)18(13(5)6)14(7)8/h9-14H,1-8H3. The summed E-state index contributed by atoms with van der Waals surface area (Å²) in [5.74, 6) is 4.75. The van der Waals surface area contributed by atoms with Crippen LogP contribution in [0.3, 0.4) is 0 Å². The first-order valence-electron chi connectivity index (χ1n) is 7.50. The molecule has 1 aliphatic rings. The van der Waals surface area contributed by atoms with Crippen molar-refractivity contribution in [3.63, 3.8) is 0 Å². The fraction of sp³-hybridized carbons (Fsp3) is 0.857. The third-order valence-corrected chi connectivity index (χ3v) is 3.93. The van der Waals surface area contributed by atoms with Crippen LogP contribution < -0.4 is 0 Å². The lowest BCUT2D eigenvalue weighted by Gasteiger charge is -2.47. The molecule has 0 aromatic rings. The Labute approximate surface area is 115 Å². The van der Waals surface area contributed by atoms with Crippen LogP contribution in [0.1, 0.15) is 55.4 Å². The van der Waals surface area contributed by atoms with Crippen LogP contribution in [0.15, 0.2) is 12.0 Å². The van der Waals surface area contributed by atoms with Crippen molar-refractivity contribution in [1.82, 2.24) is 9.62 Å². The monoisotopic (exact) mass is 248 g/mol. The highest BCUT2D eigenvalue weighted by Gasteiger charge is 2.44. The van der Waals surface area contributed by atoms with Crippen LogP contribution in [0.2, 0.25) is 0 Å². The van der Waals surface area contributed by atoms with Gasteiger partial charge in [0.15, 0.2) is 0 Å². The summed E-state index contributed by atoms with van der Waals surface area (Å²) < 4.78 is 0. The van der Waals surface area contributed by atoms with Gasteiger partial charge in [-0.05, 0) is 24.2 Å². The van der Waals surface area contributed by atoms with E-state index in [9.17, 15) is 0 Å². The van der Waals surface area contributed by atoms with E-state index in [1.54, 1.807) is 0 Å². The highest BCUT2D eigenvalue weighted by atomic mass is 15.2.